The minimum Gasteiger partial charge on any atom is -0.303 e. The van der Waals surface area contributed by atoms with Crippen LogP contribution in [0, 0.1) is 0 Å². The van der Waals surface area contributed by atoms with Crippen molar-refractivity contribution < 1.29 is 0 Å². The molecule has 0 aliphatic rings. The molecule has 0 saturated heterocycles. The molecule has 0 atom stereocenters. The van der Waals surface area contributed by atoms with Gasteiger partial charge in [0.05, 0.1) is 0 Å². The Balaban J connectivity index is 8.23. The summed E-state index contributed by atoms with van der Waals surface area (Å²) in [5.41, 5.74) is 0. The van der Waals surface area contributed by atoms with Gasteiger partial charge in [-0.1, -0.05) is 396 Å². The van der Waals surface area contributed by atoms with E-state index in [-0.39, 0.29) is 63.4 Å². The number of unbranched alkanes of at least 4 members (excludes halogenated alkanes) is 1. The highest BCUT2D eigenvalue weighted by molar-refractivity contribution is 7.63. The zero-order valence-electron chi connectivity index (χ0n) is 79.2. The Kier molecular flexibility index (Phi) is 41.9. The summed E-state index contributed by atoms with van der Waals surface area (Å²) in [6.07, 6.45) is 17.5. The van der Waals surface area contributed by atoms with Crippen molar-refractivity contribution in [3.8, 4) is 0 Å². The average molecular weight is 1580 g/mol. The SMILES string of the molecule is CC(C)(C)P(CN(CCCN(CCCCN(CCCN(CP(C(C)(C)C)C(C)(C)C)CP(C(C)(C)C)C(C)(C)C)CCCN(CP(C(C)(C)C)C(C)(C)C)CP(C(C)(C)C)C(C)(C)C)CCCN(CP(C(C)(C)C)C(C)(C)C)CP(C(C)(C)C)C(C)(C)C)CP(C(C)(C)C)C(C)(C)C)C(C)(C)C. The minimum absolute atomic E-state index is 0.259. The van der Waals surface area contributed by atoms with Gasteiger partial charge in [-0.05, 0) is 160 Å². The molecule has 0 rings (SSSR count). The molecule has 0 N–H and O–H groups in total. The summed E-state index contributed by atoms with van der Waals surface area (Å²) in [6.45, 7) is 134. The smallest absolute Gasteiger partial charge is 0.0197 e. The number of hydrogen-bond donors (Lipinski definition) is 0. The van der Waals surface area contributed by atoms with Gasteiger partial charge < -0.3 is 9.80 Å². The molecule has 0 aliphatic carbocycles. The van der Waals surface area contributed by atoms with Gasteiger partial charge in [0.25, 0.3) is 0 Å². The molecular weight excluding hydrogens is 1390 g/mol. The van der Waals surface area contributed by atoms with Crippen LogP contribution in [0.1, 0.15) is 371 Å². The second-order valence-corrected chi connectivity index (χ2v) is 78.2. The quantitative estimate of drug-likeness (QED) is 0.0453. The maximum Gasteiger partial charge on any atom is 0.0197 e. The van der Waals surface area contributed by atoms with Gasteiger partial charge >= 0.3 is 0 Å². The molecule has 14 heteroatoms. The number of hydrogen-bond acceptors (Lipinski definition) is 6. The molecule has 0 fully saturated rings. The first-order valence-corrected chi connectivity index (χ1v) is 53.5. The Morgan fingerprint density at radius 1 is 0.118 bits per heavy atom. The minimum atomic E-state index is -0.259. The van der Waals surface area contributed by atoms with E-state index in [1.54, 1.807) is 0 Å². The normalized spacial score (nSPS) is 15.5. The highest BCUT2D eigenvalue weighted by atomic mass is 31.1. The van der Waals surface area contributed by atoms with Gasteiger partial charge in [0, 0.05) is 76.5 Å². The Morgan fingerprint density at radius 3 is 0.284 bits per heavy atom. The van der Waals surface area contributed by atoms with Crippen LogP contribution in [0.2, 0.25) is 0 Å². The molecule has 0 unspecified atom stereocenters. The Labute approximate surface area is 657 Å². The van der Waals surface area contributed by atoms with E-state index in [0.717, 1.165) is 0 Å². The summed E-state index contributed by atoms with van der Waals surface area (Å²) >= 11 is 0. The summed E-state index contributed by atoms with van der Waals surface area (Å²) < 4.78 is 0. The van der Waals surface area contributed by atoms with Gasteiger partial charge in [-0.15, -0.1) is 0 Å². The van der Waals surface area contributed by atoms with Crippen LogP contribution in [-0.4, -0.2) is 228 Å². The third-order valence-electron chi connectivity index (χ3n) is 20.7. The summed E-state index contributed by atoms with van der Waals surface area (Å²) in [7, 11) is -2.07. The second-order valence-electron chi connectivity index (χ2n) is 47.7. The molecule has 0 amide bonds. The monoisotopic (exact) mass is 1580 g/mol. The van der Waals surface area contributed by atoms with Crippen LogP contribution in [0.5, 0.6) is 0 Å². The van der Waals surface area contributed by atoms with Crippen molar-refractivity contribution in [2.24, 2.45) is 0 Å². The molecule has 6 nitrogen and oxygen atoms in total. The zero-order chi connectivity index (χ0) is 81.1. The van der Waals surface area contributed by atoms with E-state index in [9.17, 15) is 0 Å². The van der Waals surface area contributed by atoms with Gasteiger partial charge in [0.15, 0.2) is 0 Å². The summed E-state index contributed by atoms with van der Waals surface area (Å²) in [5, 5.41) is 4.64. The van der Waals surface area contributed by atoms with Crippen LogP contribution in [0.25, 0.3) is 0 Å². The zero-order valence-corrected chi connectivity index (χ0v) is 86.4. The lowest BCUT2D eigenvalue weighted by Crippen LogP contribution is -2.40. The van der Waals surface area contributed by atoms with E-state index in [4.69, 9.17) is 0 Å². The van der Waals surface area contributed by atoms with Crippen molar-refractivity contribution in [2.45, 2.75) is 453 Å². The summed E-state index contributed by atoms with van der Waals surface area (Å²) in [5.74, 6) is 0. The van der Waals surface area contributed by atoms with Crippen molar-refractivity contribution >= 4 is 63.4 Å². The molecular formula is C88H192N6P8. The van der Waals surface area contributed by atoms with Gasteiger partial charge in [-0.3, -0.25) is 19.6 Å². The van der Waals surface area contributed by atoms with Crippen molar-refractivity contribution in [3.05, 3.63) is 0 Å². The molecule has 0 bridgehead atoms. The fourth-order valence-corrected chi connectivity index (χ4v) is 45.9. The topological polar surface area (TPSA) is 19.4 Å². The van der Waals surface area contributed by atoms with Gasteiger partial charge in [-0.2, -0.15) is 0 Å². The largest absolute Gasteiger partial charge is 0.303 e. The van der Waals surface area contributed by atoms with Gasteiger partial charge in [0.2, 0.25) is 0 Å². The fourth-order valence-electron chi connectivity index (χ4n) is 17.2. The maximum atomic E-state index is 3.04. The lowest BCUT2D eigenvalue weighted by molar-refractivity contribution is 0.210. The molecule has 0 saturated carbocycles. The van der Waals surface area contributed by atoms with Crippen LogP contribution in [-0.2, 0) is 0 Å². The molecule has 0 aliphatic heterocycles. The molecule has 0 spiro atoms. The van der Waals surface area contributed by atoms with Crippen molar-refractivity contribution in [2.75, 3.05) is 116 Å². The molecule has 0 aromatic rings. The fraction of sp³-hybridized carbons (Fsp3) is 1.00. The van der Waals surface area contributed by atoms with E-state index in [1.165, 1.54) is 154 Å². The third-order valence-corrected chi connectivity index (χ3v) is 52.1. The Hall–Kier alpha value is 3.20. The highest BCUT2D eigenvalue weighted by Crippen LogP contribution is 2.68. The van der Waals surface area contributed by atoms with E-state index in [0.29, 0.717) is 82.5 Å². The maximum absolute atomic E-state index is 3.04. The van der Waals surface area contributed by atoms with E-state index < -0.39 is 0 Å². The predicted octanol–water partition coefficient (Wildman–Crippen LogP) is 29.4. The van der Waals surface area contributed by atoms with Crippen molar-refractivity contribution in [1.82, 2.24) is 29.4 Å². The highest BCUT2D eigenvalue weighted by Gasteiger charge is 2.45. The number of rotatable bonds is 37. The van der Waals surface area contributed by atoms with Crippen LogP contribution in [0.4, 0.5) is 0 Å². The lowest BCUT2D eigenvalue weighted by atomic mass is 10.2. The lowest BCUT2D eigenvalue weighted by Gasteiger charge is -2.48. The molecule has 0 aromatic carbocycles. The molecule has 102 heavy (non-hydrogen) atoms. The first kappa shape index (κ1) is 105. The van der Waals surface area contributed by atoms with Crippen molar-refractivity contribution in [3.63, 3.8) is 0 Å². The number of nitrogens with zero attached hydrogens (tertiary/aromatic N) is 6. The first-order valence-electron chi connectivity index (χ1n) is 41.3. The Bertz CT molecular complexity index is 1730. The van der Waals surface area contributed by atoms with E-state index in [1.807, 2.05) is 0 Å². The van der Waals surface area contributed by atoms with Crippen LogP contribution in [0.15, 0.2) is 0 Å². The van der Waals surface area contributed by atoms with Crippen LogP contribution in [0.3, 0.4) is 0 Å². The molecule has 0 radical (unpaired) electrons. The van der Waals surface area contributed by atoms with Crippen LogP contribution < -0.4 is 0 Å². The molecule has 0 aromatic heterocycles. The summed E-state index contributed by atoms with van der Waals surface area (Å²) in [4.78, 5) is 18.2. The van der Waals surface area contributed by atoms with E-state index >= 15 is 0 Å². The predicted molar refractivity (Wildman–Crippen MR) is 498 cm³/mol. The van der Waals surface area contributed by atoms with Crippen molar-refractivity contribution in [1.29, 1.82) is 0 Å². The second kappa shape index (κ2) is 40.7. The molecule has 614 valence electrons. The third kappa shape index (κ3) is 41.0. The standard InChI is InChI=1S/C88H192N6P8/c1-73(2,3)95(74(4,5)6)65-91(66-96(75(7,8)9)76(10,11)12)61-51-57-89(58-52-62-92(67-97(77(13,14)15)78(16,17)18)68-98(79(19,20)21)80(22,23)24)55-49-50-56-90(59-53-63-93(69-99(81(25,26)27)82(28,29)30)70-100(83(31,32)33)84(34,35)36)60-54-64-94(71-101(85(37,38)39)86(40,41)42)72-102(87(43,44)45)88(46,47)48/h49-72H2,1-48H3. The van der Waals surface area contributed by atoms with E-state index in [2.05, 4.69) is 362 Å². The Morgan fingerprint density at radius 2 is 0.196 bits per heavy atom. The van der Waals surface area contributed by atoms with Gasteiger partial charge in [-0.25, -0.2) is 0 Å². The van der Waals surface area contributed by atoms with Gasteiger partial charge in [0.1, 0.15) is 0 Å². The summed E-state index contributed by atoms with van der Waals surface area (Å²) in [6, 6.07) is 0. The molecule has 0 heterocycles. The average Bonchev–Trinajstić information content (AvgIpc) is 0.816. The van der Waals surface area contributed by atoms with Crippen LogP contribution >= 0.6 is 63.4 Å². The first-order chi connectivity index (χ1) is 44.7.